The van der Waals surface area contributed by atoms with Crippen molar-refractivity contribution in [3.8, 4) is 5.75 Å². The molecule has 0 saturated carbocycles. The maximum absolute atomic E-state index is 14.1. The Morgan fingerprint density at radius 3 is 2.90 bits per heavy atom. The van der Waals surface area contributed by atoms with E-state index in [0.29, 0.717) is 22.8 Å². The first-order chi connectivity index (χ1) is 9.67. The van der Waals surface area contributed by atoms with E-state index in [4.69, 9.17) is 22.2 Å². The molecular weight excluding hydrogens is 281 g/mol. The molecule has 0 aliphatic heterocycles. The minimum Gasteiger partial charge on any atom is -0.496 e. The van der Waals surface area contributed by atoms with E-state index in [9.17, 15) is 4.39 Å². The number of pyridine rings is 1. The van der Waals surface area contributed by atoms with Crippen molar-refractivity contribution in [3.05, 3.63) is 58.6 Å². The van der Waals surface area contributed by atoms with Gasteiger partial charge < -0.3 is 4.74 Å². The number of benzene rings is 1. The lowest BCUT2D eigenvalue weighted by molar-refractivity contribution is 0.390. The van der Waals surface area contributed by atoms with Gasteiger partial charge in [0.05, 0.1) is 18.2 Å². The molecule has 0 spiro atoms. The highest BCUT2D eigenvalue weighted by atomic mass is 35.5. The third-order valence-corrected chi connectivity index (χ3v) is 3.40. The predicted octanol–water partition coefficient (Wildman–Crippen LogP) is 2.63. The summed E-state index contributed by atoms with van der Waals surface area (Å²) in [5.41, 5.74) is 3.82. The maximum atomic E-state index is 14.1. The lowest BCUT2D eigenvalue weighted by atomic mass is 9.98. The quantitative estimate of drug-likeness (QED) is 0.657. The van der Waals surface area contributed by atoms with Gasteiger partial charge in [-0.15, -0.1) is 0 Å². The molecule has 1 atom stereocenters. The van der Waals surface area contributed by atoms with Crippen molar-refractivity contribution in [1.82, 2.24) is 10.4 Å². The average Bonchev–Trinajstić information content (AvgIpc) is 2.47. The van der Waals surface area contributed by atoms with Crippen molar-refractivity contribution in [2.45, 2.75) is 12.5 Å². The van der Waals surface area contributed by atoms with Crippen LogP contribution in [0.15, 0.2) is 36.7 Å². The van der Waals surface area contributed by atoms with Crippen LogP contribution in [0.5, 0.6) is 5.75 Å². The number of ether oxygens (including phenoxy) is 1. The Hall–Kier alpha value is -1.69. The van der Waals surface area contributed by atoms with Crippen molar-refractivity contribution in [3.63, 3.8) is 0 Å². The SMILES string of the molecule is COc1cccc(F)c1C(Cc1ccncc1Cl)NN. The van der Waals surface area contributed by atoms with Crippen molar-refractivity contribution < 1.29 is 9.13 Å². The van der Waals surface area contributed by atoms with Crippen LogP contribution in [0.1, 0.15) is 17.2 Å². The number of nitrogens with two attached hydrogens (primary N) is 1. The third-order valence-electron chi connectivity index (χ3n) is 3.06. The van der Waals surface area contributed by atoms with Gasteiger partial charge in [-0.2, -0.15) is 0 Å². The first kappa shape index (κ1) is 14.7. The standard InChI is InChI=1S/C14H15ClFN3O/c1-20-13-4-2-3-11(16)14(13)12(19-17)7-9-5-6-18-8-10(9)15/h2-6,8,12,19H,7,17H2,1H3. The summed E-state index contributed by atoms with van der Waals surface area (Å²) >= 11 is 6.07. The minimum atomic E-state index is -0.453. The summed E-state index contributed by atoms with van der Waals surface area (Å²) in [7, 11) is 1.49. The van der Waals surface area contributed by atoms with Crippen LogP contribution in [0, 0.1) is 5.82 Å². The fraction of sp³-hybridized carbons (Fsp3) is 0.214. The molecule has 1 aromatic carbocycles. The Morgan fingerprint density at radius 1 is 1.45 bits per heavy atom. The lowest BCUT2D eigenvalue weighted by Crippen LogP contribution is -2.30. The van der Waals surface area contributed by atoms with Crippen LogP contribution in [-0.2, 0) is 6.42 Å². The monoisotopic (exact) mass is 295 g/mol. The maximum Gasteiger partial charge on any atom is 0.131 e. The molecule has 1 heterocycles. The average molecular weight is 296 g/mol. The number of aromatic nitrogens is 1. The van der Waals surface area contributed by atoms with E-state index < -0.39 is 6.04 Å². The molecule has 6 heteroatoms. The number of hydrogen-bond acceptors (Lipinski definition) is 4. The first-order valence-corrected chi connectivity index (χ1v) is 6.42. The largest absolute Gasteiger partial charge is 0.496 e. The van der Waals surface area contributed by atoms with Crippen LogP contribution >= 0.6 is 11.6 Å². The van der Waals surface area contributed by atoms with Gasteiger partial charge in [0.1, 0.15) is 11.6 Å². The highest BCUT2D eigenvalue weighted by Crippen LogP contribution is 2.30. The molecule has 20 heavy (non-hydrogen) atoms. The van der Waals surface area contributed by atoms with E-state index in [1.165, 1.54) is 13.2 Å². The van der Waals surface area contributed by atoms with Crippen LogP contribution in [0.3, 0.4) is 0 Å². The third kappa shape index (κ3) is 3.07. The van der Waals surface area contributed by atoms with Gasteiger partial charge >= 0.3 is 0 Å². The molecular formula is C14H15ClFN3O. The second-order valence-electron chi connectivity index (χ2n) is 4.25. The Labute approximate surface area is 121 Å². The molecule has 3 N–H and O–H groups in total. The number of hydrogen-bond donors (Lipinski definition) is 2. The molecule has 4 nitrogen and oxygen atoms in total. The molecule has 0 aliphatic carbocycles. The van der Waals surface area contributed by atoms with Gasteiger partial charge in [-0.25, -0.2) is 4.39 Å². The second kappa shape index (κ2) is 6.65. The summed E-state index contributed by atoms with van der Waals surface area (Å²) in [6.45, 7) is 0. The molecule has 2 rings (SSSR count). The van der Waals surface area contributed by atoms with E-state index in [1.54, 1.807) is 30.6 Å². The Balaban J connectivity index is 2.36. The van der Waals surface area contributed by atoms with E-state index in [-0.39, 0.29) is 5.82 Å². The van der Waals surface area contributed by atoms with Crippen molar-refractivity contribution >= 4 is 11.6 Å². The summed E-state index contributed by atoms with van der Waals surface area (Å²) in [5, 5.41) is 0.517. The van der Waals surface area contributed by atoms with Gasteiger partial charge in [0.25, 0.3) is 0 Å². The predicted molar refractivity (Wildman–Crippen MR) is 76.0 cm³/mol. The number of halogens is 2. The molecule has 0 radical (unpaired) electrons. The van der Waals surface area contributed by atoms with Gasteiger partial charge in [0.2, 0.25) is 0 Å². The second-order valence-corrected chi connectivity index (χ2v) is 4.65. The molecule has 0 bridgehead atoms. The number of nitrogens with zero attached hydrogens (tertiary/aromatic N) is 1. The highest BCUT2D eigenvalue weighted by Gasteiger charge is 2.20. The molecule has 1 unspecified atom stereocenters. The Kier molecular flexibility index (Phi) is 4.89. The molecule has 106 valence electrons. The van der Waals surface area contributed by atoms with E-state index in [2.05, 4.69) is 10.4 Å². The van der Waals surface area contributed by atoms with Gasteiger partial charge in [-0.3, -0.25) is 16.3 Å². The number of nitrogens with one attached hydrogen (secondary N) is 1. The summed E-state index contributed by atoms with van der Waals surface area (Å²) in [5.74, 6) is 5.63. The summed E-state index contributed by atoms with van der Waals surface area (Å²) < 4.78 is 19.3. The van der Waals surface area contributed by atoms with Gasteiger partial charge in [0.15, 0.2) is 0 Å². The molecule has 2 aromatic rings. The summed E-state index contributed by atoms with van der Waals surface area (Å²) in [6, 6.07) is 5.98. The molecule has 0 saturated heterocycles. The van der Waals surface area contributed by atoms with Crippen molar-refractivity contribution in [2.75, 3.05) is 7.11 Å². The molecule has 1 aromatic heterocycles. The minimum absolute atomic E-state index is 0.377. The normalized spacial score (nSPS) is 12.2. The molecule has 0 fully saturated rings. The zero-order valence-electron chi connectivity index (χ0n) is 10.9. The van der Waals surface area contributed by atoms with Crippen LogP contribution in [0.25, 0.3) is 0 Å². The van der Waals surface area contributed by atoms with Crippen molar-refractivity contribution in [2.24, 2.45) is 5.84 Å². The van der Waals surface area contributed by atoms with Crippen LogP contribution in [-0.4, -0.2) is 12.1 Å². The molecule has 0 amide bonds. The van der Waals surface area contributed by atoms with Gasteiger partial charge in [0, 0.05) is 18.0 Å². The highest BCUT2D eigenvalue weighted by molar-refractivity contribution is 6.31. The van der Waals surface area contributed by atoms with E-state index in [0.717, 1.165) is 5.56 Å². The topological polar surface area (TPSA) is 60.2 Å². The Bertz CT molecular complexity index is 594. The van der Waals surface area contributed by atoms with Crippen molar-refractivity contribution in [1.29, 1.82) is 0 Å². The number of rotatable bonds is 5. The first-order valence-electron chi connectivity index (χ1n) is 6.04. The number of methoxy groups -OCH3 is 1. The zero-order chi connectivity index (χ0) is 14.5. The summed E-state index contributed by atoms with van der Waals surface area (Å²) in [4.78, 5) is 3.92. The summed E-state index contributed by atoms with van der Waals surface area (Å²) in [6.07, 6.45) is 3.60. The molecule has 0 aliphatic rings. The van der Waals surface area contributed by atoms with Crippen LogP contribution < -0.4 is 16.0 Å². The smallest absolute Gasteiger partial charge is 0.131 e. The fourth-order valence-electron chi connectivity index (χ4n) is 2.07. The fourth-order valence-corrected chi connectivity index (χ4v) is 2.26. The van der Waals surface area contributed by atoms with Gasteiger partial charge in [-0.05, 0) is 30.2 Å². The van der Waals surface area contributed by atoms with Crippen LogP contribution in [0.4, 0.5) is 4.39 Å². The zero-order valence-corrected chi connectivity index (χ0v) is 11.7. The van der Waals surface area contributed by atoms with E-state index in [1.807, 2.05) is 0 Å². The van der Waals surface area contributed by atoms with E-state index >= 15 is 0 Å². The van der Waals surface area contributed by atoms with Gasteiger partial charge in [-0.1, -0.05) is 17.7 Å². The Morgan fingerprint density at radius 2 is 2.25 bits per heavy atom. The number of hydrazine groups is 1. The van der Waals surface area contributed by atoms with Crippen LogP contribution in [0.2, 0.25) is 5.02 Å². The lowest BCUT2D eigenvalue weighted by Gasteiger charge is -2.20.